The lowest BCUT2D eigenvalue weighted by atomic mass is 10.2. The summed E-state index contributed by atoms with van der Waals surface area (Å²) in [5, 5.41) is 18.9. The molecule has 0 saturated carbocycles. The molecule has 2 aromatic rings. The highest BCUT2D eigenvalue weighted by Gasteiger charge is 2.36. The fourth-order valence-corrected chi connectivity index (χ4v) is 2.77. The Bertz CT molecular complexity index is 618. The molecule has 0 spiro atoms. The summed E-state index contributed by atoms with van der Waals surface area (Å²) in [6.07, 6.45) is -0.0935. The molecule has 0 amide bonds. The second-order valence-electron chi connectivity index (χ2n) is 4.30. The van der Waals surface area contributed by atoms with Crippen LogP contribution in [0.15, 0.2) is 11.1 Å². The minimum Gasteiger partial charge on any atom is -0.394 e. The maximum atomic E-state index is 9.78. The van der Waals surface area contributed by atoms with E-state index in [-0.39, 0.29) is 12.4 Å². The minimum absolute atomic E-state index is 0.237. The van der Waals surface area contributed by atoms with E-state index in [4.69, 9.17) is 15.6 Å². The monoisotopic (exact) mass is 329 g/mol. The molecule has 2 unspecified atom stereocenters. The lowest BCUT2D eigenvalue weighted by Crippen LogP contribution is -2.24. The van der Waals surface area contributed by atoms with Crippen molar-refractivity contribution in [1.29, 1.82) is 0 Å². The standard InChI is InChI=1S/C10H12BrN5O3/c11-10-15-7-8(12)13-3-14-9(7)16(10)6-1-4(18)5(2-17)19-6/h3-6,17-18H,1-2H2,(H2,12,13,14)/t4?,5-,6?/m1/s1. The molecule has 1 aliphatic rings. The number of anilines is 1. The van der Waals surface area contributed by atoms with Crippen LogP contribution in [0.1, 0.15) is 12.6 Å². The van der Waals surface area contributed by atoms with E-state index in [1.165, 1.54) is 6.33 Å². The summed E-state index contributed by atoms with van der Waals surface area (Å²) in [7, 11) is 0. The lowest BCUT2D eigenvalue weighted by molar-refractivity contribution is -0.0439. The summed E-state index contributed by atoms with van der Waals surface area (Å²) in [5.41, 5.74) is 6.74. The van der Waals surface area contributed by atoms with Crippen LogP contribution in [-0.2, 0) is 4.74 Å². The number of fused-ring (bicyclic) bond motifs is 1. The number of hydrogen-bond donors (Lipinski definition) is 3. The molecule has 3 rings (SSSR count). The van der Waals surface area contributed by atoms with Gasteiger partial charge in [-0.3, -0.25) is 4.57 Å². The molecule has 1 saturated heterocycles. The third-order valence-corrected chi connectivity index (χ3v) is 3.69. The number of aromatic nitrogens is 4. The number of aliphatic hydroxyl groups excluding tert-OH is 2. The third-order valence-electron chi connectivity index (χ3n) is 3.13. The zero-order chi connectivity index (χ0) is 13.6. The number of nitrogen functional groups attached to an aromatic ring is 1. The zero-order valence-corrected chi connectivity index (χ0v) is 11.4. The third kappa shape index (κ3) is 1.98. The number of halogens is 1. The van der Waals surface area contributed by atoms with Gasteiger partial charge in [-0.25, -0.2) is 15.0 Å². The summed E-state index contributed by atoms with van der Waals surface area (Å²) < 4.78 is 7.77. The number of imidazole rings is 1. The highest BCUT2D eigenvalue weighted by Crippen LogP contribution is 2.34. The SMILES string of the molecule is Nc1ncnc2c1nc(Br)n2C1CC(O)[C@@H](CO)O1. The maximum Gasteiger partial charge on any atom is 0.181 e. The van der Waals surface area contributed by atoms with Crippen LogP contribution >= 0.6 is 15.9 Å². The molecular weight excluding hydrogens is 318 g/mol. The largest absolute Gasteiger partial charge is 0.394 e. The first kappa shape index (κ1) is 12.7. The van der Waals surface area contributed by atoms with Crippen LogP contribution in [-0.4, -0.2) is 48.5 Å². The molecule has 4 N–H and O–H groups in total. The van der Waals surface area contributed by atoms with E-state index in [1.807, 2.05) is 0 Å². The maximum absolute atomic E-state index is 9.78. The average molecular weight is 330 g/mol. The molecule has 3 atom stereocenters. The predicted molar refractivity (Wildman–Crippen MR) is 69.1 cm³/mol. The normalized spacial score (nSPS) is 27.2. The first-order chi connectivity index (χ1) is 9.11. The Morgan fingerprint density at radius 3 is 3.00 bits per heavy atom. The molecular formula is C10H12BrN5O3. The van der Waals surface area contributed by atoms with Crippen molar-refractivity contribution in [3.8, 4) is 0 Å². The zero-order valence-electron chi connectivity index (χ0n) is 9.77. The molecule has 0 radical (unpaired) electrons. The van der Waals surface area contributed by atoms with E-state index in [1.54, 1.807) is 4.57 Å². The fourth-order valence-electron chi connectivity index (χ4n) is 2.19. The van der Waals surface area contributed by atoms with Crippen molar-refractivity contribution in [3.63, 3.8) is 0 Å². The summed E-state index contributed by atoms with van der Waals surface area (Å²) in [6, 6.07) is 0. The second kappa shape index (κ2) is 4.67. The Hall–Kier alpha value is -1.29. The van der Waals surface area contributed by atoms with Crippen LogP contribution in [0.3, 0.4) is 0 Å². The van der Waals surface area contributed by atoms with Crippen LogP contribution < -0.4 is 5.73 Å². The molecule has 19 heavy (non-hydrogen) atoms. The predicted octanol–water partition coefficient (Wildman–Crippen LogP) is -0.188. The van der Waals surface area contributed by atoms with Gasteiger partial charge in [0, 0.05) is 6.42 Å². The van der Waals surface area contributed by atoms with Gasteiger partial charge in [-0.1, -0.05) is 0 Å². The number of rotatable bonds is 2. The van der Waals surface area contributed by atoms with E-state index < -0.39 is 18.4 Å². The van der Waals surface area contributed by atoms with E-state index in [0.29, 0.717) is 22.3 Å². The van der Waals surface area contributed by atoms with Crippen LogP contribution in [0.2, 0.25) is 0 Å². The van der Waals surface area contributed by atoms with Crippen LogP contribution in [0, 0.1) is 0 Å². The Kier molecular flexibility index (Phi) is 3.13. The Labute approximate surface area is 116 Å². The van der Waals surface area contributed by atoms with Gasteiger partial charge in [-0.15, -0.1) is 0 Å². The molecule has 1 aliphatic heterocycles. The number of hydrogen-bond acceptors (Lipinski definition) is 7. The van der Waals surface area contributed by atoms with Crippen LogP contribution in [0.4, 0.5) is 5.82 Å². The first-order valence-corrected chi connectivity index (χ1v) is 6.49. The number of nitrogens with zero attached hydrogens (tertiary/aromatic N) is 4. The van der Waals surface area contributed by atoms with Crippen molar-refractivity contribution < 1.29 is 14.9 Å². The van der Waals surface area contributed by atoms with Gasteiger partial charge in [-0.2, -0.15) is 0 Å². The van der Waals surface area contributed by atoms with E-state index >= 15 is 0 Å². The van der Waals surface area contributed by atoms with Gasteiger partial charge < -0.3 is 20.7 Å². The first-order valence-electron chi connectivity index (χ1n) is 5.70. The highest BCUT2D eigenvalue weighted by molar-refractivity contribution is 9.10. The molecule has 1 fully saturated rings. The molecule has 2 aromatic heterocycles. The van der Waals surface area contributed by atoms with Crippen molar-refractivity contribution in [1.82, 2.24) is 19.5 Å². The smallest absolute Gasteiger partial charge is 0.181 e. The summed E-state index contributed by atoms with van der Waals surface area (Å²) in [5.74, 6) is 0.279. The molecule has 0 bridgehead atoms. The summed E-state index contributed by atoms with van der Waals surface area (Å²) in [4.78, 5) is 12.3. The Morgan fingerprint density at radius 2 is 2.32 bits per heavy atom. The lowest BCUT2D eigenvalue weighted by Gasteiger charge is -2.14. The van der Waals surface area contributed by atoms with Gasteiger partial charge in [0.25, 0.3) is 0 Å². The van der Waals surface area contributed by atoms with E-state index in [0.717, 1.165) is 0 Å². The van der Waals surface area contributed by atoms with Crippen molar-refractivity contribution in [3.05, 3.63) is 11.1 Å². The van der Waals surface area contributed by atoms with Crippen LogP contribution in [0.25, 0.3) is 11.2 Å². The number of aliphatic hydroxyl groups is 2. The molecule has 8 nitrogen and oxygen atoms in total. The van der Waals surface area contributed by atoms with Gasteiger partial charge >= 0.3 is 0 Å². The second-order valence-corrected chi connectivity index (χ2v) is 5.01. The van der Waals surface area contributed by atoms with E-state index in [9.17, 15) is 5.11 Å². The summed E-state index contributed by atoms with van der Waals surface area (Å²) >= 11 is 3.32. The van der Waals surface area contributed by atoms with Gasteiger partial charge in [-0.05, 0) is 15.9 Å². The molecule has 102 valence electrons. The van der Waals surface area contributed by atoms with Gasteiger partial charge in [0.2, 0.25) is 0 Å². The van der Waals surface area contributed by atoms with Crippen molar-refractivity contribution >= 4 is 32.9 Å². The van der Waals surface area contributed by atoms with Gasteiger partial charge in [0.15, 0.2) is 21.7 Å². The quantitative estimate of drug-likeness (QED) is 0.653. The minimum atomic E-state index is -0.724. The summed E-state index contributed by atoms with van der Waals surface area (Å²) in [6.45, 7) is -0.237. The topological polar surface area (TPSA) is 119 Å². The number of ether oxygens (including phenoxy) is 1. The van der Waals surface area contributed by atoms with Gasteiger partial charge in [0.05, 0.1) is 12.7 Å². The van der Waals surface area contributed by atoms with Crippen molar-refractivity contribution in [2.75, 3.05) is 12.3 Å². The highest BCUT2D eigenvalue weighted by atomic mass is 79.9. The van der Waals surface area contributed by atoms with Crippen LogP contribution in [0.5, 0.6) is 0 Å². The average Bonchev–Trinajstić information content (AvgIpc) is 2.90. The fraction of sp³-hybridized carbons (Fsp3) is 0.500. The van der Waals surface area contributed by atoms with Crippen molar-refractivity contribution in [2.45, 2.75) is 24.9 Å². The molecule has 3 heterocycles. The van der Waals surface area contributed by atoms with Gasteiger partial charge in [0.1, 0.15) is 18.7 Å². The molecule has 0 aromatic carbocycles. The number of nitrogens with two attached hydrogens (primary N) is 1. The Morgan fingerprint density at radius 1 is 1.53 bits per heavy atom. The molecule has 9 heteroatoms. The Balaban J connectivity index is 2.06. The van der Waals surface area contributed by atoms with E-state index in [2.05, 4.69) is 30.9 Å². The molecule has 0 aliphatic carbocycles. The van der Waals surface area contributed by atoms with Crippen molar-refractivity contribution in [2.24, 2.45) is 0 Å².